The first kappa shape index (κ1) is 16.9. The third kappa shape index (κ3) is 3.11. The van der Waals surface area contributed by atoms with Crippen molar-refractivity contribution >= 4 is 5.97 Å². The minimum absolute atomic E-state index is 0.0407. The van der Waals surface area contributed by atoms with Gasteiger partial charge in [0.05, 0.1) is 0 Å². The van der Waals surface area contributed by atoms with Crippen LogP contribution in [0.5, 0.6) is 0 Å². The largest absolute Gasteiger partial charge is 0.461 e. The van der Waals surface area contributed by atoms with Gasteiger partial charge in [-0.2, -0.15) is 0 Å². The summed E-state index contributed by atoms with van der Waals surface area (Å²) < 4.78 is 18.9. The second-order valence-corrected chi connectivity index (χ2v) is 6.17. The number of carbonyl (C=O) groups excluding carboxylic acids is 1. The number of allylic oxidation sites excluding steroid dienone is 4. The maximum Gasteiger partial charge on any atom is 0.322 e. The van der Waals surface area contributed by atoms with E-state index in [1.54, 1.807) is 19.1 Å². The zero-order valence-electron chi connectivity index (χ0n) is 13.2. The molecule has 0 amide bonds. The van der Waals surface area contributed by atoms with Crippen molar-refractivity contribution in [3.8, 4) is 0 Å². The Morgan fingerprint density at radius 3 is 2.45 bits per heavy atom. The first-order chi connectivity index (χ1) is 9.10. The maximum atomic E-state index is 13.5. The summed E-state index contributed by atoms with van der Waals surface area (Å²) >= 11 is 0. The summed E-state index contributed by atoms with van der Waals surface area (Å²) in [4.78, 5) is 11.6. The van der Waals surface area contributed by atoms with E-state index in [4.69, 9.17) is 10.5 Å². The Balaban J connectivity index is 2.93. The lowest BCUT2D eigenvalue weighted by Crippen LogP contribution is -2.43. The standard InChI is InChI=1S/C16H26FNO2/c1-9-7-14(17)8-10(2)16(9,6)11(3)13(5)20-15(19)12(4)18/h7-9,11-13H,18H2,1-6H3/t9?,11-,12-,13+,16?/m0/s1. The van der Waals surface area contributed by atoms with Crippen LogP contribution in [-0.2, 0) is 9.53 Å². The molecule has 0 aliphatic heterocycles. The lowest BCUT2D eigenvalue weighted by Gasteiger charge is -2.44. The number of hydrogen-bond donors (Lipinski definition) is 1. The number of ether oxygens (including phenoxy) is 1. The molecule has 114 valence electrons. The average Bonchev–Trinajstić information content (AvgIpc) is 2.34. The van der Waals surface area contributed by atoms with E-state index < -0.39 is 12.0 Å². The van der Waals surface area contributed by atoms with Gasteiger partial charge in [-0.3, -0.25) is 4.79 Å². The molecule has 1 aliphatic carbocycles. The van der Waals surface area contributed by atoms with Gasteiger partial charge in [-0.05, 0) is 38.8 Å². The molecule has 0 aromatic rings. The van der Waals surface area contributed by atoms with E-state index in [-0.39, 0.29) is 29.2 Å². The molecule has 0 saturated carbocycles. The number of carbonyl (C=O) groups is 1. The van der Waals surface area contributed by atoms with Crippen LogP contribution in [0, 0.1) is 17.3 Å². The van der Waals surface area contributed by atoms with Gasteiger partial charge < -0.3 is 10.5 Å². The van der Waals surface area contributed by atoms with Crippen molar-refractivity contribution in [3.63, 3.8) is 0 Å². The fourth-order valence-corrected chi connectivity index (χ4v) is 2.84. The predicted molar refractivity (Wildman–Crippen MR) is 78.6 cm³/mol. The fourth-order valence-electron chi connectivity index (χ4n) is 2.84. The van der Waals surface area contributed by atoms with E-state index in [1.807, 2.05) is 27.7 Å². The zero-order chi connectivity index (χ0) is 15.7. The third-order valence-corrected chi connectivity index (χ3v) is 4.88. The predicted octanol–water partition coefficient (Wildman–Crippen LogP) is 3.36. The first-order valence-electron chi connectivity index (χ1n) is 7.12. The van der Waals surface area contributed by atoms with Gasteiger partial charge in [0.1, 0.15) is 18.0 Å². The van der Waals surface area contributed by atoms with Gasteiger partial charge in [-0.25, -0.2) is 4.39 Å². The van der Waals surface area contributed by atoms with Crippen LogP contribution in [0.1, 0.15) is 41.5 Å². The van der Waals surface area contributed by atoms with Crippen LogP contribution >= 0.6 is 0 Å². The molecule has 2 unspecified atom stereocenters. The van der Waals surface area contributed by atoms with Crippen molar-refractivity contribution in [1.29, 1.82) is 0 Å². The number of halogens is 1. The quantitative estimate of drug-likeness (QED) is 0.805. The molecule has 0 saturated heterocycles. The minimum atomic E-state index is -0.629. The molecule has 2 N–H and O–H groups in total. The SMILES string of the molecule is CC1=CC(F)=CC(C)C1(C)[C@@H](C)[C@@H](C)OC(=O)[C@H](C)N. The molecular formula is C16H26FNO2. The monoisotopic (exact) mass is 283 g/mol. The van der Waals surface area contributed by atoms with E-state index in [1.165, 1.54) is 0 Å². The summed E-state index contributed by atoms with van der Waals surface area (Å²) in [6, 6.07) is -0.629. The van der Waals surface area contributed by atoms with Crippen molar-refractivity contribution in [2.75, 3.05) is 0 Å². The average molecular weight is 283 g/mol. The summed E-state index contributed by atoms with van der Waals surface area (Å²) in [6.07, 6.45) is 2.92. The summed E-state index contributed by atoms with van der Waals surface area (Å²) in [5.41, 5.74) is 6.25. The molecule has 3 nitrogen and oxygen atoms in total. The summed E-state index contributed by atoms with van der Waals surface area (Å²) in [5.74, 6) is -0.501. The molecule has 1 rings (SSSR count). The van der Waals surface area contributed by atoms with Crippen LogP contribution in [0.3, 0.4) is 0 Å². The van der Waals surface area contributed by atoms with Crippen molar-refractivity contribution in [1.82, 2.24) is 0 Å². The molecule has 0 heterocycles. The van der Waals surface area contributed by atoms with Gasteiger partial charge in [0.15, 0.2) is 0 Å². The molecule has 0 aromatic heterocycles. The number of hydrogen-bond acceptors (Lipinski definition) is 3. The number of esters is 1. The van der Waals surface area contributed by atoms with E-state index in [0.29, 0.717) is 0 Å². The molecule has 0 radical (unpaired) electrons. The van der Waals surface area contributed by atoms with E-state index in [0.717, 1.165) is 5.57 Å². The van der Waals surface area contributed by atoms with Gasteiger partial charge in [-0.15, -0.1) is 0 Å². The Morgan fingerprint density at radius 1 is 1.45 bits per heavy atom. The number of nitrogens with two attached hydrogens (primary N) is 1. The Kier molecular flexibility index (Phi) is 5.14. The van der Waals surface area contributed by atoms with Gasteiger partial charge in [0.2, 0.25) is 0 Å². The minimum Gasteiger partial charge on any atom is -0.461 e. The van der Waals surface area contributed by atoms with Crippen molar-refractivity contribution in [2.24, 2.45) is 23.0 Å². The van der Waals surface area contributed by atoms with Crippen molar-refractivity contribution in [2.45, 2.75) is 53.7 Å². The van der Waals surface area contributed by atoms with E-state index in [9.17, 15) is 9.18 Å². The van der Waals surface area contributed by atoms with Gasteiger partial charge >= 0.3 is 5.97 Å². The third-order valence-electron chi connectivity index (χ3n) is 4.88. The van der Waals surface area contributed by atoms with E-state index in [2.05, 4.69) is 6.92 Å². The highest BCUT2D eigenvalue weighted by Gasteiger charge is 2.43. The lowest BCUT2D eigenvalue weighted by atomic mass is 9.61. The van der Waals surface area contributed by atoms with Crippen molar-refractivity contribution in [3.05, 3.63) is 23.6 Å². The van der Waals surface area contributed by atoms with Crippen LogP contribution in [0.2, 0.25) is 0 Å². The maximum absolute atomic E-state index is 13.5. The van der Waals surface area contributed by atoms with Crippen LogP contribution in [0.25, 0.3) is 0 Å². The summed E-state index contributed by atoms with van der Waals surface area (Å²) in [7, 11) is 0. The molecule has 0 fully saturated rings. The highest BCUT2D eigenvalue weighted by Crippen LogP contribution is 2.48. The lowest BCUT2D eigenvalue weighted by molar-refractivity contribution is -0.154. The normalized spacial score (nSPS) is 30.9. The van der Waals surface area contributed by atoms with Gasteiger partial charge in [-0.1, -0.05) is 26.3 Å². The zero-order valence-corrected chi connectivity index (χ0v) is 13.2. The molecule has 0 bridgehead atoms. The summed E-state index contributed by atoms with van der Waals surface area (Å²) in [6.45, 7) is 11.5. The Bertz CT molecular complexity index is 442. The highest BCUT2D eigenvalue weighted by molar-refractivity contribution is 5.75. The Labute approximate surface area is 121 Å². The highest BCUT2D eigenvalue weighted by atomic mass is 19.1. The van der Waals surface area contributed by atoms with Crippen LogP contribution in [-0.4, -0.2) is 18.1 Å². The van der Waals surface area contributed by atoms with Crippen LogP contribution in [0.15, 0.2) is 23.6 Å². The Morgan fingerprint density at radius 2 is 2.00 bits per heavy atom. The topological polar surface area (TPSA) is 52.3 Å². The molecule has 0 aromatic carbocycles. The summed E-state index contributed by atoms with van der Waals surface area (Å²) in [5, 5.41) is 0. The smallest absolute Gasteiger partial charge is 0.322 e. The van der Waals surface area contributed by atoms with E-state index >= 15 is 0 Å². The number of rotatable bonds is 4. The molecule has 1 aliphatic rings. The molecular weight excluding hydrogens is 257 g/mol. The Hall–Kier alpha value is -1.16. The molecule has 5 atom stereocenters. The van der Waals surface area contributed by atoms with Gasteiger partial charge in [0, 0.05) is 11.3 Å². The second kappa shape index (κ2) is 6.08. The molecule has 4 heteroatoms. The van der Waals surface area contributed by atoms with Crippen LogP contribution < -0.4 is 5.73 Å². The first-order valence-corrected chi connectivity index (χ1v) is 7.12. The van der Waals surface area contributed by atoms with Crippen LogP contribution in [0.4, 0.5) is 4.39 Å². The second-order valence-electron chi connectivity index (χ2n) is 6.17. The molecule has 20 heavy (non-hydrogen) atoms. The molecule has 0 spiro atoms. The fraction of sp³-hybridized carbons (Fsp3) is 0.688. The van der Waals surface area contributed by atoms with Crippen molar-refractivity contribution < 1.29 is 13.9 Å². The van der Waals surface area contributed by atoms with Gasteiger partial charge in [0.25, 0.3) is 0 Å².